The van der Waals surface area contributed by atoms with Crippen molar-refractivity contribution in [1.82, 2.24) is 10.2 Å². The van der Waals surface area contributed by atoms with Gasteiger partial charge in [0, 0.05) is 10.5 Å². The van der Waals surface area contributed by atoms with Crippen molar-refractivity contribution in [2.45, 2.75) is 30.1 Å². The van der Waals surface area contributed by atoms with Crippen molar-refractivity contribution in [3.63, 3.8) is 0 Å². The molecule has 0 N–H and O–H groups in total. The Bertz CT molecular complexity index is 880. The lowest BCUT2D eigenvalue weighted by atomic mass is 10.1. The number of thioether (sulfide) groups is 1. The van der Waals surface area contributed by atoms with Crippen molar-refractivity contribution in [2.24, 2.45) is 0 Å². The molecule has 0 radical (unpaired) electrons. The molecule has 0 saturated carbocycles. The fourth-order valence-corrected chi connectivity index (χ4v) is 3.86. The Balaban J connectivity index is 1.36. The van der Waals surface area contributed by atoms with Crippen LogP contribution < -0.4 is 0 Å². The van der Waals surface area contributed by atoms with Crippen molar-refractivity contribution in [3.8, 4) is 11.5 Å². The van der Waals surface area contributed by atoms with E-state index in [0.717, 1.165) is 16.0 Å². The Labute approximate surface area is 149 Å². The highest BCUT2D eigenvalue weighted by atomic mass is 32.2. The number of benzene rings is 2. The average Bonchev–Trinajstić information content (AvgIpc) is 3.27. The van der Waals surface area contributed by atoms with Gasteiger partial charge in [0.2, 0.25) is 5.89 Å². The predicted molar refractivity (Wildman–Crippen MR) is 94.1 cm³/mol. The number of rotatable bonds is 4. The van der Waals surface area contributed by atoms with E-state index in [1.807, 2.05) is 55.5 Å². The quantitative estimate of drug-likeness (QED) is 0.665. The minimum absolute atomic E-state index is 0.00883. The van der Waals surface area contributed by atoms with Crippen molar-refractivity contribution in [1.29, 1.82) is 0 Å². The summed E-state index contributed by atoms with van der Waals surface area (Å²) in [5.41, 5.74) is 3.19. The van der Waals surface area contributed by atoms with Gasteiger partial charge in [0.15, 0.2) is 6.61 Å². The number of fused-ring (bicyclic) bond motifs is 1. The van der Waals surface area contributed by atoms with Crippen LogP contribution in [0.1, 0.15) is 17.0 Å². The van der Waals surface area contributed by atoms with Crippen molar-refractivity contribution in [3.05, 3.63) is 65.5 Å². The molecule has 0 fully saturated rings. The molecular weight excluding hydrogens is 336 g/mol. The summed E-state index contributed by atoms with van der Waals surface area (Å²) in [6.45, 7) is 2.01. The summed E-state index contributed by atoms with van der Waals surface area (Å²) < 4.78 is 10.9. The molecule has 6 heteroatoms. The van der Waals surface area contributed by atoms with Crippen molar-refractivity contribution >= 4 is 17.7 Å². The van der Waals surface area contributed by atoms with Gasteiger partial charge in [0.1, 0.15) is 5.25 Å². The number of aryl methyl sites for hydroxylation is 1. The number of aromatic nitrogens is 2. The molecule has 4 rings (SSSR count). The lowest BCUT2D eigenvalue weighted by Crippen LogP contribution is -2.19. The van der Waals surface area contributed by atoms with Crippen LogP contribution in [0.3, 0.4) is 0 Å². The van der Waals surface area contributed by atoms with E-state index < -0.39 is 0 Å². The molecule has 0 spiro atoms. The Morgan fingerprint density at radius 2 is 2.00 bits per heavy atom. The van der Waals surface area contributed by atoms with Gasteiger partial charge in [0.05, 0.1) is 0 Å². The molecule has 1 aromatic heterocycles. The first-order chi connectivity index (χ1) is 12.2. The summed E-state index contributed by atoms with van der Waals surface area (Å²) in [7, 11) is 0. The van der Waals surface area contributed by atoms with Crippen LogP contribution >= 0.6 is 11.8 Å². The highest BCUT2D eigenvalue weighted by Gasteiger charge is 2.29. The number of carbonyl (C=O) groups is 1. The zero-order chi connectivity index (χ0) is 17.2. The normalized spacial score (nSPS) is 15.8. The lowest BCUT2D eigenvalue weighted by Gasteiger charge is -2.07. The number of carbonyl (C=O) groups excluding carboxylic acids is 1. The Hall–Kier alpha value is -2.60. The zero-order valence-electron chi connectivity index (χ0n) is 13.6. The monoisotopic (exact) mass is 352 g/mol. The third-order valence-electron chi connectivity index (χ3n) is 4.01. The third-order valence-corrected chi connectivity index (χ3v) is 5.31. The molecule has 1 aliphatic heterocycles. The molecule has 0 amide bonds. The first-order valence-electron chi connectivity index (χ1n) is 7.99. The maximum atomic E-state index is 12.3. The van der Waals surface area contributed by atoms with Crippen LogP contribution in [0.5, 0.6) is 0 Å². The molecule has 1 unspecified atom stereocenters. The van der Waals surface area contributed by atoms with Crippen molar-refractivity contribution in [2.75, 3.05) is 0 Å². The van der Waals surface area contributed by atoms with Gasteiger partial charge in [-0.3, -0.25) is 4.79 Å². The summed E-state index contributed by atoms with van der Waals surface area (Å²) in [5, 5.41) is 7.75. The molecule has 1 aliphatic rings. The summed E-state index contributed by atoms with van der Waals surface area (Å²) >= 11 is 1.54. The molecular formula is C19H16N2O3S. The summed E-state index contributed by atoms with van der Waals surface area (Å²) in [5.74, 6) is 0.467. The molecule has 126 valence electrons. The van der Waals surface area contributed by atoms with Crippen LogP contribution in [-0.4, -0.2) is 21.4 Å². The van der Waals surface area contributed by atoms with E-state index in [4.69, 9.17) is 9.15 Å². The fraction of sp³-hybridized carbons (Fsp3) is 0.211. The van der Waals surface area contributed by atoms with E-state index in [9.17, 15) is 4.79 Å². The van der Waals surface area contributed by atoms with Gasteiger partial charge >= 0.3 is 5.97 Å². The van der Waals surface area contributed by atoms with Crippen LogP contribution in [-0.2, 0) is 22.6 Å². The standard InChI is InChI=1S/C19H16N2O3S/c1-12-6-8-13(9-7-12)18-21-20-17(24-18)11-23-19(22)16-10-14-4-2-3-5-15(14)25-16/h2-9,16H,10-11H2,1H3. The largest absolute Gasteiger partial charge is 0.455 e. The number of hydrogen-bond acceptors (Lipinski definition) is 6. The molecule has 0 aliphatic carbocycles. The predicted octanol–water partition coefficient (Wildman–Crippen LogP) is 3.81. The van der Waals surface area contributed by atoms with E-state index >= 15 is 0 Å². The van der Waals surface area contributed by atoms with Crippen LogP contribution in [0.15, 0.2) is 57.8 Å². The molecule has 0 bridgehead atoms. The molecule has 3 aromatic rings. The van der Waals surface area contributed by atoms with Crippen LogP contribution in [0.2, 0.25) is 0 Å². The Morgan fingerprint density at radius 1 is 1.20 bits per heavy atom. The summed E-state index contributed by atoms with van der Waals surface area (Å²) in [4.78, 5) is 13.4. The van der Waals surface area contributed by atoms with Gasteiger partial charge in [-0.1, -0.05) is 35.9 Å². The molecule has 2 heterocycles. The highest BCUT2D eigenvalue weighted by Crippen LogP contribution is 2.37. The summed E-state index contributed by atoms with van der Waals surface area (Å²) in [6.07, 6.45) is 0.693. The Morgan fingerprint density at radius 3 is 2.80 bits per heavy atom. The van der Waals surface area contributed by atoms with Crippen molar-refractivity contribution < 1.29 is 13.9 Å². The minimum atomic E-state index is -0.253. The second kappa shape index (κ2) is 6.72. The Kier molecular flexibility index (Phi) is 4.28. The minimum Gasteiger partial charge on any atom is -0.455 e. The molecule has 25 heavy (non-hydrogen) atoms. The van der Waals surface area contributed by atoms with Gasteiger partial charge in [-0.05, 0) is 37.1 Å². The SMILES string of the molecule is Cc1ccc(-c2nnc(COC(=O)C3Cc4ccccc4S3)o2)cc1. The topological polar surface area (TPSA) is 65.2 Å². The third kappa shape index (κ3) is 3.44. The van der Waals surface area contributed by atoms with E-state index in [0.29, 0.717) is 18.2 Å². The van der Waals surface area contributed by atoms with Gasteiger partial charge in [-0.15, -0.1) is 22.0 Å². The first kappa shape index (κ1) is 15.9. The summed E-state index contributed by atoms with van der Waals surface area (Å²) in [6, 6.07) is 15.8. The van der Waals surface area contributed by atoms with E-state index in [1.54, 1.807) is 11.8 Å². The van der Waals surface area contributed by atoms with Crippen LogP contribution in [0.25, 0.3) is 11.5 Å². The molecule has 1 atom stereocenters. The lowest BCUT2D eigenvalue weighted by molar-refractivity contribution is -0.144. The number of nitrogens with zero attached hydrogens (tertiary/aromatic N) is 2. The molecule has 5 nitrogen and oxygen atoms in total. The smallest absolute Gasteiger partial charge is 0.320 e. The molecule has 2 aromatic carbocycles. The number of esters is 1. The van der Waals surface area contributed by atoms with E-state index in [2.05, 4.69) is 10.2 Å². The second-order valence-electron chi connectivity index (χ2n) is 5.89. The second-order valence-corrected chi connectivity index (χ2v) is 7.14. The van der Waals surface area contributed by atoms with Crippen LogP contribution in [0.4, 0.5) is 0 Å². The van der Waals surface area contributed by atoms with Gasteiger partial charge in [-0.2, -0.15) is 0 Å². The molecule has 0 saturated heterocycles. The number of ether oxygens (including phenoxy) is 1. The average molecular weight is 352 g/mol. The maximum Gasteiger partial charge on any atom is 0.320 e. The van der Waals surface area contributed by atoms with E-state index in [1.165, 1.54) is 5.56 Å². The first-order valence-corrected chi connectivity index (χ1v) is 8.87. The number of hydrogen-bond donors (Lipinski definition) is 0. The maximum absolute atomic E-state index is 12.3. The van der Waals surface area contributed by atoms with Gasteiger partial charge in [0.25, 0.3) is 5.89 Å². The van der Waals surface area contributed by atoms with E-state index in [-0.39, 0.29) is 17.8 Å². The van der Waals surface area contributed by atoms with Gasteiger partial charge < -0.3 is 9.15 Å². The van der Waals surface area contributed by atoms with Crippen LogP contribution in [0, 0.1) is 6.92 Å². The highest BCUT2D eigenvalue weighted by molar-refractivity contribution is 8.01. The fourth-order valence-electron chi connectivity index (χ4n) is 2.66. The zero-order valence-corrected chi connectivity index (χ0v) is 14.5. The van der Waals surface area contributed by atoms with Gasteiger partial charge in [-0.25, -0.2) is 0 Å².